The quantitative estimate of drug-likeness (QED) is 0.733. The number of para-hydroxylation sites is 1. The highest BCUT2D eigenvalue weighted by atomic mass is 35.5. The van der Waals surface area contributed by atoms with Gasteiger partial charge in [0.25, 0.3) is 0 Å². The van der Waals surface area contributed by atoms with Crippen LogP contribution < -0.4 is 14.8 Å². The summed E-state index contributed by atoms with van der Waals surface area (Å²) in [6.45, 7) is 2.89. The number of rotatable bonds is 8. The third-order valence-corrected chi connectivity index (χ3v) is 5.14. The van der Waals surface area contributed by atoms with E-state index in [-0.39, 0.29) is 5.91 Å². The first-order valence-corrected chi connectivity index (χ1v) is 9.39. The first-order valence-electron chi connectivity index (χ1n) is 9.01. The average Bonchev–Trinajstić information content (AvgIpc) is 3.49. The number of aryl methyl sites for hydroxylation is 1. The number of carbonyl (C=O) groups is 1. The second kappa shape index (κ2) is 8.63. The highest BCUT2D eigenvalue weighted by molar-refractivity contribution is 6.31. The van der Waals surface area contributed by atoms with Gasteiger partial charge in [-0.25, -0.2) is 0 Å². The SMILES string of the molecule is COc1ccccc1CN(CC(=O)Nc1cc(C)c(Cl)cc1OC)C1CC1. The number of nitrogens with one attached hydrogen (secondary N) is 1. The maximum Gasteiger partial charge on any atom is 0.238 e. The maximum atomic E-state index is 12.7. The van der Waals surface area contributed by atoms with Crippen molar-refractivity contribution in [2.75, 3.05) is 26.1 Å². The van der Waals surface area contributed by atoms with Crippen molar-refractivity contribution in [2.45, 2.75) is 32.4 Å². The van der Waals surface area contributed by atoms with Gasteiger partial charge in [0.05, 0.1) is 26.5 Å². The molecule has 0 atom stereocenters. The van der Waals surface area contributed by atoms with Crippen molar-refractivity contribution < 1.29 is 14.3 Å². The van der Waals surface area contributed by atoms with Crippen LogP contribution in [0.4, 0.5) is 5.69 Å². The number of anilines is 1. The smallest absolute Gasteiger partial charge is 0.238 e. The van der Waals surface area contributed by atoms with E-state index in [9.17, 15) is 4.79 Å². The van der Waals surface area contributed by atoms with Gasteiger partial charge in [0.1, 0.15) is 11.5 Å². The Morgan fingerprint density at radius 3 is 2.56 bits per heavy atom. The van der Waals surface area contributed by atoms with E-state index >= 15 is 0 Å². The van der Waals surface area contributed by atoms with E-state index < -0.39 is 0 Å². The molecule has 0 heterocycles. The van der Waals surface area contributed by atoms with Crippen molar-refractivity contribution in [3.05, 3.63) is 52.5 Å². The summed E-state index contributed by atoms with van der Waals surface area (Å²) < 4.78 is 10.8. The van der Waals surface area contributed by atoms with Crippen molar-refractivity contribution >= 4 is 23.2 Å². The molecule has 2 aromatic carbocycles. The van der Waals surface area contributed by atoms with Gasteiger partial charge in [-0.05, 0) is 37.5 Å². The molecule has 0 aromatic heterocycles. The summed E-state index contributed by atoms with van der Waals surface area (Å²) in [5, 5.41) is 3.57. The van der Waals surface area contributed by atoms with Crippen LogP contribution in [0.15, 0.2) is 36.4 Å². The van der Waals surface area contributed by atoms with Crippen LogP contribution in [0.5, 0.6) is 11.5 Å². The summed E-state index contributed by atoms with van der Waals surface area (Å²) >= 11 is 6.14. The Kier molecular flexibility index (Phi) is 6.24. The molecule has 1 aliphatic rings. The molecule has 0 spiro atoms. The molecular weight excluding hydrogens is 364 g/mol. The number of methoxy groups -OCH3 is 2. The zero-order valence-corrected chi connectivity index (χ0v) is 16.7. The molecule has 0 aliphatic heterocycles. The summed E-state index contributed by atoms with van der Waals surface area (Å²) in [6, 6.07) is 11.9. The highest BCUT2D eigenvalue weighted by Crippen LogP contribution is 2.32. The topological polar surface area (TPSA) is 50.8 Å². The molecule has 1 amide bonds. The van der Waals surface area contributed by atoms with E-state index in [4.69, 9.17) is 21.1 Å². The zero-order chi connectivity index (χ0) is 19.4. The minimum atomic E-state index is -0.0724. The largest absolute Gasteiger partial charge is 0.496 e. The Morgan fingerprint density at radius 2 is 1.89 bits per heavy atom. The van der Waals surface area contributed by atoms with Crippen LogP contribution in [0.3, 0.4) is 0 Å². The van der Waals surface area contributed by atoms with Crippen LogP contribution in [0.2, 0.25) is 5.02 Å². The number of nitrogens with zero attached hydrogens (tertiary/aromatic N) is 1. The Morgan fingerprint density at radius 1 is 1.19 bits per heavy atom. The van der Waals surface area contributed by atoms with Crippen LogP contribution in [0.1, 0.15) is 24.0 Å². The van der Waals surface area contributed by atoms with Crippen molar-refractivity contribution in [2.24, 2.45) is 0 Å². The normalized spacial score (nSPS) is 13.5. The zero-order valence-electron chi connectivity index (χ0n) is 15.9. The molecule has 1 fully saturated rings. The molecule has 1 saturated carbocycles. The summed E-state index contributed by atoms with van der Waals surface area (Å²) in [7, 11) is 3.23. The predicted molar refractivity (Wildman–Crippen MR) is 108 cm³/mol. The molecule has 0 unspecified atom stereocenters. The van der Waals surface area contributed by atoms with Gasteiger partial charge < -0.3 is 14.8 Å². The fraction of sp³-hybridized carbons (Fsp3) is 0.381. The molecule has 2 aromatic rings. The number of hydrogen-bond acceptors (Lipinski definition) is 4. The fourth-order valence-corrected chi connectivity index (χ4v) is 3.26. The molecule has 0 bridgehead atoms. The van der Waals surface area contributed by atoms with Crippen LogP contribution in [0.25, 0.3) is 0 Å². The third kappa shape index (κ3) is 4.93. The Bertz CT molecular complexity index is 821. The summed E-state index contributed by atoms with van der Waals surface area (Å²) in [5.74, 6) is 1.33. The van der Waals surface area contributed by atoms with Gasteiger partial charge in [0, 0.05) is 29.2 Å². The lowest BCUT2D eigenvalue weighted by Gasteiger charge is -2.23. The number of ether oxygens (including phenoxy) is 2. The first-order chi connectivity index (χ1) is 13.0. The van der Waals surface area contributed by atoms with Gasteiger partial charge >= 0.3 is 0 Å². The second-order valence-electron chi connectivity index (χ2n) is 6.80. The summed E-state index contributed by atoms with van der Waals surface area (Å²) in [6.07, 6.45) is 2.23. The molecule has 3 rings (SSSR count). The van der Waals surface area contributed by atoms with Crippen LogP contribution in [-0.4, -0.2) is 37.6 Å². The van der Waals surface area contributed by atoms with Gasteiger partial charge in [-0.2, -0.15) is 0 Å². The third-order valence-electron chi connectivity index (χ3n) is 4.73. The second-order valence-corrected chi connectivity index (χ2v) is 7.21. The molecule has 1 N–H and O–H groups in total. The Balaban J connectivity index is 1.70. The first kappa shape index (κ1) is 19.5. The number of benzene rings is 2. The standard InChI is InChI=1S/C21H25ClN2O3/c1-14-10-18(20(27-3)11-17(14)22)23-21(25)13-24(16-8-9-16)12-15-6-4-5-7-19(15)26-2/h4-7,10-11,16H,8-9,12-13H2,1-3H3,(H,23,25). The van der Waals surface area contributed by atoms with Gasteiger partial charge in [-0.1, -0.05) is 29.8 Å². The molecule has 0 saturated heterocycles. The van der Waals surface area contributed by atoms with E-state index in [1.165, 1.54) is 0 Å². The number of halogens is 1. The fourth-order valence-electron chi connectivity index (χ4n) is 3.11. The van der Waals surface area contributed by atoms with E-state index in [1.807, 2.05) is 37.3 Å². The minimum Gasteiger partial charge on any atom is -0.496 e. The summed E-state index contributed by atoms with van der Waals surface area (Å²) in [5.41, 5.74) is 2.61. The molecule has 0 radical (unpaired) electrons. The lowest BCUT2D eigenvalue weighted by atomic mass is 10.2. The number of carbonyl (C=O) groups excluding carboxylic acids is 1. The molecule has 5 nitrogen and oxygen atoms in total. The van der Waals surface area contributed by atoms with Crippen molar-refractivity contribution in [3.8, 4) is 11.5 Å². The van der Waals surface area contributed by atoms with Gasteiger partial charge in [0.15, 0.2) is 0 Å². The van der Waals surface area contributed by atoms with E-state index in [0.29, 0.717) is 35.6 Å². The number of amides is 1. The van der Waals surface area contributed by atoms with Gasteiger partial charge in [-0.3, -0.25) is 9.69 Å². The maximum absolute atomic E-state index is 12.7. The molecule has 27 heavy (non-hydrogen) atoms. The van der Waals surface area contributed by atoms with E-state index in [0.717, 1.165) is 29.7 Å². The molecule has 1 aliphatic carbocycles. The lowest BCUT2D eigenvalue weighted by molar-refractivity contribution is -0.117. The minimum absolute atomic E-state index is 0.0724. The van der Waals surface area contributed by atoms with E-state index in [2.05, 4.69) is 10.2 Å². The van der Waals surface area contributed by atoms with Gasteiger partial charge in [-0.15, -0.1) is 0 Å². The number of hydrogen-bond donors (Lipinski definition) is 1. The lowest BCUT2D eigenvalue weighted by Crippen LogP contribution is -2.34. The molecular formula is C21H25ClN2O3. The molecule has 6 heteroatoms. The highest BCUT2D eigenvalue weighted by Gasteiger charge is 2.31. The van der Waals surface area contributed by atoms with Crippen LogP contribution >= 0.6 is 11.6 Å². The average molecular weight is 389 g/mol. The van der Waals surface area contributed by atoms with Crippen LogP contribution in [-0.2, 0) is 11.3 Å². The van der Waals surface area contributed by atoms with Crippen molar-refractivity contribution in [1.82, 2.24) is 4.90 Å². The molecule has 144 valence electrons. The monoisotopic (exact) mass is 388 g/mol. The Labute approximate surface area is 165 Å². The van der Waals surface area contributed by atoms with Crippen molar-refractivity contribution in [3.63, 3.8) is 0 Å². The van der Waals surface area contributed by atoms with Crippen molar-refractivity contribution in [1.29, 1.82) is 0 Å². The van der Waals surface area contributed by atoms with E-state index in [1.54, 1.807) is 20.3 Å². The van der Waals surface area contributed by atoms with Gasteiger partial charge in [0.2, 0.25) is 5.91 Å². The Hall–Kier alpha value is -2.24. The van der Waals surface area contributed by atoms with Crippen LogP contribution in [0, 0.1) is 6.92 Å². The predicted octanol–water partition coefficient (Wildman–Crippen LogP) is 4.27. The summed E-state index contributed by atoms with van der Waals surface area (Å²) in [4.78, 5) is 14.9.